The molecular formula is C13H26N2OS2. The van der Waals surface area contributed by atoms with Crippen LogP contribution in [0.25, 0.3) is 0 Å². The fourth-order valence-electron chi connectivity index (χ4n) is 2.89. The van der Waals surface area contributed by atoms with E-state index in [9.17, 15) is 0 Å². The molecule has 0 aromatic heterocycles. The molecule has 2 saturated heterocycles. The summed E-state index contributed by atoms with van der Waals surface area (Å²) in [7, 11) is 0. The molecule has 3 N–H and O–H groups in total. The van der Waals surface area contributed by atoms with E-state index < -0.39 is 0 Å². The third-order valence-electron chi connectivity index (χ3n) is 3.99. The minimum atomic E-state index is 0.172. The second kappa shape index (κ2) is 6.84. The van der Waals surface area contributed by atoms with Gasteiger partial charge in [0.15, 0.2) is 0 Å². The number of rotatable bonds is 5. The lowest BCUT2D eigenvalue weighted by Crippen LogP contribution is -2.50. The second-order valence-electron chi connectivity index (χ2n) is 5.74. The minimum Gasteiger partial charge on any atom is -0.374 e. The predicted octanol–water partition coefficient (Wildman–Crippen LogP) is 2.26. The third kappa shape index (κ3) is 3.79. The molecule has 18 heavy (non-hydrogen) atoms. The second-order valence-corrected chi connectivity index (χ2v) is 8.46. The molecule has 3 nitrogen and oxygen atoms in total. The van der Waals surface area contributed by atoms with Crippen LogP contribution in [0.1, 0.15) is 33.1 Å². The molecule has 0 aliphatic carbocycles. The maximum absolute atomic E-state index is 6.08. The Morgan fingerprint density at radius 3 is 3.00 bits per heavy atom. The number of hydrogen-bond acceptors (Lipinski definition) is 5. The zero-order valence-corrected chi connectivity index (χ0v) is 13.1. The SMILES string of the molecule is CC(C)SCC(NN)C1CCOC2(CCSC2)C1. The molecule has 0 bridgehead atoms. The largest absolute Gasteiger partial charge is 0.374 e. The van der Waals surface area contributed by atoms with E-state index in [4.69, 9.17) is 10.6 Å². The van der Waals surface area contributed by atoms with Gasteiger partial charge in [0.25, 0.3) is 0 Å². The third-order valence-corrected chi connectivity index (χ3v) is 6.43. The van der Waals surface area contributed by atoms with Crippen LogP contribution in [0.5, 0.6) is 0 Å². The topological polar surface area (TPSA) is 47.3 Å². The first-order valence-electron chi connectivity index (χ1n) is 6.95. The van der Waals surface area contributed by atoms with Crippen molar-refractivity contribution in [1.29, 1.82) is 0 Å². The van der Waals surface area contributed by atoms with Crippen molar-refractivity contribution in [1.82, 2.24) is 5.43 Å². The quantitative estimate of drug-likeness (QED) is 0.601. The molecule has 106 valence electrons. The average molecular weight is 290 g/mol. The summed E-state index contributed by atoms with van der Waals surface area (Å²) < 4.78 is 6.08. The van der Waals surface area contributed by atoms with E-state index in [1.165, 1.54) is 24.3 Å². The van der Waals surface area contributed by atoms with Gasteiger partial charge in [0, 0.05) is 24.2 Å². The Labute approximate surface area is 119 Å². The molecule has 0 aromatic rings. The molecule has 5 heteroatoms. The number of thioether (sulfide) groups is 2. The molecule has 0 saturated carbocycles. The van der Waals surface area contributed by atoms with Crippen LogP contribution in [-0.2, 0) is 4.74 Å². The molecule has 0 amide bonds. The van der Waals surface area contributed by atoms with Crippen LogP contribution in [-0.4, -0.2) is 40.8 Å². The van der Waals surface area contributed by atoms with Gasteiger partial charge in [-0.1, -0.05) is 13.8 Å². The molecule has 0 radical (unpaired) electrons. The highest BCUT2D eigenvalue weighted by Crippen LogP contribution is 2.41. The summed E-state index contributed by atoms with van der Waals surface area (Å²) >= 11 is 4.04. The van der Waals surface area contributed by atoms with E-state index in [0.717, 1.165) is 18.8 Å². The van der Waals surface area contributed by atoms with Crippen molar-refractivity contribution in [3.05, 3.63) is 0 Å². The van der Waals surface area contributed by atoms with Crippen molar-refractivity contribution in [2.75, 3.05) is 23.9 Å². The summed E-state index contributed by atoms with van der Waals surface area (Å²) in [5, 5.41) is 0.677. The number of hydrogen-bond donors (Lipinski definition) is 2. The van der Waals surface area contributed by atoms with Crippen LogP contribution >= 0.6 is 23.5 Å². The molecule has 3 atom stereocenters. The van der Waals surface area contributed by atoms with Gasteiger partial charge >= 0.3 is 0 Å². The number of hydrazine groups is 1. The van der Waals surface area contributed by atoms with Crippen molar-refractivity contribution < 1.29 is 4.74 Å². The Morgan fingerprint density at radius 1 is 1.56 bits per heavy atom. The molecule has 2 rings (SSSR count). The number of nitrogens with one attached hydrogen (secondary N) is 1. The molecule has 2 aliphatic heterocycles. The van der Waals surface area contributed by atoms with E-state index in [2.05, 4.69) is 19.3 Å². The van der Waals surface area contributed by atoms with Gasteiger partial charge in [-0.05, 0) is 36.2 Å². The van der Waals surface area contributed by atoms with Gasteiger partial charge in [0.1, 0.15) is 0 Å². The number of ether oxygens (including phenoxy) is 1. The molecule has 2 aliphatic rings. The van der Waals surface area contributed by atoms with Gasteiger partial charge in [0.2, 0.25) is 0 Å². The Hall–Kier alpha value is 0.580. The Kier molecular flexibility index (Phi) is 5.69. The highest BCUT2D eigenvalue weighted by atomic mass is 32.2. The van der Waals surface area contributed by atoms with Crippen LogP contribution in [0.15, 0.2) is 0 Å². The van der Waals surface area contributed by atoms with Crippen molar-refractivity contribution >= 4 is 23.5 Å². The number of nitrogens with two attached hydrogens (primary N) is 1. The van der Waals surface area contributed by atoms with Gasteiger partial charge in [-0.3, -0.25) is 11.3 Å². The fraction of sp³-hybridized carbons (Fsp3) is 1.00. The summed E-state index contributed by atoms with van der Waals surface area (Å²) in [5.41, 5.74) is 3.22. The Balaban J connectivity index is 1.89. The smallest absolute Gasteiger partial charge is 0.0783 e. The van der Waals surface area contributed by atoms with E-state index in [1.54, 1.807) is 0 Å². The maximum atomic E-state index is 6.08. The lowest BCUT2D eigenvalue weighted by atomic mass is 9.82. The lowest BCUT2D eigenvalue weighted by Gasteiger charge is -2.40. The first kappa shape index (κ1) is 15.0. The van der Waals surface area contributed by atoms with Crippen molar-refractivity contribution in [3.63, 3.8) is 0 Å². The summed E-state index contributed by atoms with van der Waals surface area (Å²) in [5.74, 6) is 9.99. The van der Waals surface area contributed by atoms with Gasteiger partial charge in [-0.2, -0.15) is 23.5 Å². The van der Waals surface area contributed by atoms with Crippen LogP contribution in [0.2, 0.25) is 0 Å². The predicted molar refractivity (Wildman–Crippen MR) is 82.1 cm³/mol. The van der Waals surface area contributed by atoms with Gasteiger partial charge < -0.3 is 4.74 Å². The van der Waals surface area contributed by atoms with Crippen LogP contribution in [0.3, 0.4) is 0 Å². The average Bonchev–Trinajstić information content (AvgIpc) is 2.78. The first-order chi connectivity index (χ1) is 8.65. The van der Waals surface area contributed by atoms with Crippen LogP contribution in [0, 0.1) is 5.92 Å². The van der Waals surface area contributed by atoms with Crippen molar-refractivity contribution in [3.8, 4) is 0 Å². The molecule has 3 unspecified atom stereocenters. The van der Waals surface area contributed by atoms with E-state index in [1.807, 2.05) is 23.5 Å². The van der Waals surface area contributed by atoms with Gasteiger partial charge in [0.05, 0.1) is 5.60 Å². The zero-order chi connectivity index (χ0) is 13.0. The van der Waals surface area contributed by atoms with Gasteiger partial charge in [-0.25, -0.2) is 0 Å². The molecular weight excluding hydrogens is 264 g/mol. The standard InChI is InChI=1S/C13H26N2OS2/c1-10(2)18-8-12(15-14)11-3-5-16-13(7-11)4-6-17-9-13/h10-12,15H,3-9,14H2,1-2H3. The van der Waals surface area contributed by atoms with Gasteiger partial charge in [-0.15, -0.1) is 0 Å². The monoisotopic (exact) mass is 290 g/mol. The zero-order valence-electron chi connectivity index (χ0n) is 11.5. The van der Waals surface area contributed by atoms with E-state index >= 15 is 0 Å². The summed E-state index contributed by atoms with van der Waals surface area (Å²) in [6, 6.07) is 0.434. The molecule has 2 fully saturated rings. The van der Waals surface area contributed by atoms with E-state index in [-0.39, 0.29) is 5.60 Å². The van der Waals surface area contributed by atoms with Crippen molar-refractivity contribution in [2.24, 2.45) is 11.8 Å². The fourth-order valence-corrected chi connectivity index (χ4v) is 5.23. The van der Waals surface area contributed by atoms with E-state index in [0.29, 0.717) is 17.2 Å². The summed E-state index contributed by atoms with van der Waals surface area (Å²) in [4.78, 5) is 0. The lowest BCUT2D eigenvalue weighted by molar-refractivity contribution is -0.0838. The Morgan fingerprint density at radius 2 is 2.39 bits per heavy atom. The molecule has 0 aromatic carbocycles. The molecule has 2 heterocycles. The van der Waals surface area contributed by atoms with Crippen LogP contribution in [0.4, 0.5) is 0 Å². The normalized spacial score (nSPS) is 34.3. The summed E-state index contributed by atoms with van der Waals surface area (Å²) in [6.45, 7) is 5.41. The Bertz CT molecular complexity index is 257. The highest BCUT2D eigenvalue weighted by molar-refractivity contribution is 8.00. The maximum Gasteiger partial charge on any atom is 0.0783 e. The minimum absolute atomic E-state index is 0.172. The molecule has 1 spiro atoms. The van der Waals surface area contributed by atoms with Crippen LogP contribution < -0.4 is 11.3 Å². The first-order valence-corrected chi connectivity index (χ1v) is 9.15. The summed E-state index contributed by atoms with van der Waals surface area (Å²) in [6.07, 6.45) is 3.57. The van der Waals surface area contributed by atoms with Crippen molar-refractivity contribution in [2.45, 2.75) is 50.0 Å². The highest BCUT2D eigenvalue weighted by Gasteiger charge is 2.42.